The van der Waals surface area contributed by atoms with Gasteiger partial charge in [0.25, 0.3) is 0 Å². The van der Waals surface area contributed by atoms with Crippen molar-refractivity contribution in [1.29, 1.82) is 0 Å². The maximum absolute atomic E-state index is 12.2. The van der Waals surface area contributed by atoms with Crippen LogP contribution in [0.5, 0.6) is 0 Å². The van der Waals surface area contributed by atoms with Gasteiger partial charge in [-0.25, -0.2) is 9.97 Å². The number of nitrogens with one attached hydrogen (secondary N) is 1. The average Bonchev–Trinajstić information content (AvgIpc) is 2.43. The summed E-state index contributed by atoms with van der Waals surface area (Å²) in [5, 5.41) is 3.05. The Balaban J connectivity index is 2.11. The largest absolute Gasteiger partial charge is 0.309 e. The Morgan fingerprint density at radius 1 is 1.26 bits per heavy atom. The Morgan fingerprint density at radius 3 is 2.58 bits per heavy atom. The van der Waals surface area contributed by atoms with Gasteiger partial charge in [0.05, 0.1) is 18.3 Å². The fourth-order valence-corrected chi connectivity index (χ4v) is 1.95. The Kier molecular flexibility index (Phi) is 4.47. The standard InChI is InChI=1S/C14H14ClN3O/c1-2-11(10-6-4-3-5-7-10)14(19)18-13-9-16-12(15)8-17-13/h3-9,11H,2H2,1H3,(H,17,18,19). The molecule has 4 nitrogen and oxygen atoms in total. The molecule has 19 heavy (non-hydrogen) atoms. The van der Waals surface area contributed by atoms with Crippen LogP contribution in [0.25, 0.3) is 0 Å². The molecular formula is C14H14ClN3O. The second-order valence-electron chi connectivity index (χ2n) is 4.09. The van der Waals surface area contributed by atoms with Crippen LogP contribution in [-0.4, -0.2) is 15.9 Å². The summed E-state index contributed by atoms with van der Waals surface area (Å²) in [6, 6.07) is 9.67. The summed E-state index contributed by atoms with van der Waals surface area (Å²) in [4.78, 5) is 20.1. The lowest BCUT2D eigenvalue weighted by Gasteiger charge is -2.14. The van der Waals surface area contributed by atoms with Gasteiger partial charge >= 0.3 is 0 Å². The predicted molar refractivity (Wildman–Crippen MR) is 75.1 cm³/mol. The number of hydrogen-bond donors (Lipinski definition) is 1. The van der Waals surface area contributed by atoms with Crippen LogP contribution in [0.3, 0.4) is 0 Å². The van der Waals surface area contributed by atoms with E-state index < -0.39 is 0 Å². The average molecular weight is 276 g/mol. The second kappa shape index (κ2) is 6.29. The Morgan fingerprint density at radius 2 is 2.00 bits per heavy atom. The van der Waals surface area contributed by atoms with Gasteiger partial charge in [-0.15, -0.1) is 0 Å². The van der Waals surface area contributed by atoms with Gasteiger partial charge < -0.3 is 5.32 Å². The summed E-state index contributed by atoms with van der Waals surface area (Å²) in [5.41, 5.74) is 0.990. The van der Waals surface area contributed by atoms with E-state index in [2.05, 4.69) is 15.3 Å². The molecule has 2 aromatic rings. The molecule has 0 saturated carbocycles. The molecule has 1 amide bonds. The third kappa shape index (κ3) is 3.51. The first-order valence-electron chi connectivity index (χ1n) is 6.04. The van der Waals surface area contributed by atoms with Gasteiger partial charge in [0, 0.05) is 0 Å². The number of carbonyl (C=O) groups is 1. The van der Waals surface area contributed by atoms with Crippen LogP contribution in [0.1, 0.15) is 24.8 Å². The van der Waals surface area contributed by atoms with Crippen LogP contribution < -0.4 is 5.32 Å². The first-order valence-corrected chi connectivity index (χ1v) is 6.42. The Bertz CT molecular complexity index is 542. The van der Waals surface area contributed by atoms with Crippen molar-refractivity contribution in [2.45, 2.75) is 19.3 Å². The molecule has 0 spiro atoms. The van der Waals surface area contributed by atoms with E-state index in [0.717, 1.165) is 12.0 Å². The van der Waals surface area contributed by atoms with Crippen molar-refractivity contribution in [2.24, 2.45) is 0 Å². The van der Waals surface area contributed by atoms with Crippen LogP contribution in [0.4, 0.5) is 5.82 Å². The minimum absolute atomic E-state index is 0.0923. The van der Waals surface area contributed by atoms with Crippen LogP contribution >= 0.6 is 11.6 Å². The quantitative estimate of drug-likeness (QED) is 0.932. The maximum atomic E-state index is 12.2. The molecule has 0 saturated heterocycles. The minimum atomic E-state index is -0.196. The molecule has 0 fully saturated rings. The summed E-state index contributed by atoms with van der Waals surface area (Å²) in [5.74, 6) is 0.118. The molecule has 0 radical (unpaired) electrons. The van der Waals surface area contributed by atoms with Gasteiger partial charge in [0.15, 0.2) is 5.82 Å². The van der Waals surface area contributed by atoms with E-state index in [1.54, 1.807) is 0 Å². The number of anilines is 1. The van der Waals surface area contributed by atoms with Crippen molar-refractivity contribution in [3.8, 4) is 0 Å². The number of benzene rings is 1. The van der Waals surface area contributed by atoms with Crippen molar-refractivity contribution in [1.82, 2.24) is 9.97 Å². The molecule has 0 aliphatic rings. The third-order valence-electron chi connectivity index (χ3n) is 2.80. The SMILES string of the molecule is CCC(C(=O)Nc1cnc(Cl)cn1)c1ccccc1. The fourth-order valence-electron chi connectivity index (χ4n) is 1.85. The van der Waals surface area contributed by atoms with Gasteiger partial charge in [-0.05, 0) is 12.0 Å². The summed E-state index contributed by atoms with van der Waals surface area (Å²) in [7, 11) is 0. The lowest BCUT2D eigenvalue weighted by atomic mass is 9.96. The number of nitrogens with zero attached hydrogens (tertiary/aromatic N) is 2. The molecule has 2 rings (SSSR count). The molecule has 1 aromatic heterocycles. The summed E-state index contributed by atoms with van der Waals surface area (Å²) < 4.78 is 0. The zero-order valence-electron chi connectivity index (χ0n) is 10.5. The van der Waals surface area contributed by atoms with Crippen molar-refractivity contribution in [3.05, 3.63) is 53.4 Å². The number of halogens is 1. The highest BCUT2D eigenvalue weighted by molar-refractivity contribution is 6.29. The van der Waals surface area contributed by atoms with E-state index in [9.17, 15) is 4.79 Å². The molecule has 1 aromatic carbocycles. The molecule has 5 heteroatoms. The first kappa shape index (κ1) is 13.5. The zero-order chi connectivity index (χ0) is 13.7. The van der Waals surface area contributed by atoms with Crippen molar-refractivity contribution in [2.75, 3.05) is 5.32 Å². The lowest BCUT2D eigenvalue weighted by Crippen LogP contribution is -2.21. The molecule has 0 aliphatic carbocycles. The Hall–Kier alpha value is -1.94. The Labute approximate surface area is 116 Å². The smallest absolute Gasteiger partial charge is 0.233 e. The monoisotopic (exact) mass is 275 g/mol. The van der Waals surface area contributed by atoms with Gasteiger partial charge in [-0.2, -0.15) is 0 Å². The fraction of sp³-hybridized carbons (Fsp3) is 0.214. The van der Waals surface area contributed by atoms with Gasteiger partial charge in [0.1, 0.15) is 5.15 Å². The molecule has 1 unspecified atom stereocenters. The predicted octanol–water partition coefficient (Wildman–Crippen LogP) is 3.26. The summed E-state index contributed by atoms with van der Waals surface area (Å²) >= 11 is 5.65. The minimum Gasteiger partial charge on any atom is -0.309 e. The van der Waals surface area contributed by atoms with E-state index in [1.165, 1.54) is 12.4 Å². The molecule has 0 aliphatic heterocycles. The highest BCUT2D eigenvalue weighted by atomic mass is 35.5. The number of hydrogen-bond acceptors (Lipinski definition) is 3. The number of amides is 1. The number of rotatable bonds is 4. The van der Waals surface area contributed by atoms with E-state index in [-0.39, 0.29) is 11.8 Å². The van der Waals surface area contributed by atoms with Gasteiger partial charge in [-0.1, -0.05) is 48.9 Å². The highest BCUT2D eigenvalue weighted by Gasteiger charge is 2.18. The van der Waals surface area contributed by atoms with E-state index >= 15 is 0 Å². The topological polar surface area (TPSA) is 54.9 Å². The normalized spacial score (nSPS) is 11.9. The zero-order valence-corrected chi connectivity index (χ0v) is 11.3. The molecule has 1 heterocycles. The summed E-state index contributed by atoms with van der Waals surface area (Å²) in [6.45, 7) is 1.98. The number of carbonyl (C=O) groups excluding carboxylic acids is 1. The maximum Gasteiger partial charge on any atom is 0.233 e. The van der Waals surface area contributed by atoms with Crippen LogP contribution in [0.15, 0.2) is 42.7 Å². The van der Waals surface area contributed by atoms with Crippen LogP contribution in [-0.2, 0) is 4.79 Å². The van der Waals surface area contributed by atoms with Crippen LogP contribution in [0, 0.1) is 0 Å². The first-order chi connectivity index (χ1) is 9.20. The summed E-state index contributed by atoms with van der Waals surface area (Å²) in [6.07, 6.45) is 3.56. The molecule has 1 atom stereocenters. The van der Waals surface area contributed by atoms with Crippen LogP contribution in [0.2, 0.25) is 5.15 Å². The lowest BCUT2D eigenvalue weighted by molar-refractivity contribution is -0.117. The van der Waals surface area contributed by atoms with E-state index in [1.807, 2.05) is 37.3 Å². The molecular weight excluding hydrogens is 262 g/mol. The van der Waals surface area contributed by atoms with Crippen molar-refractivity contribution in [3.63, 3.8) is 0 Å². The van der Waals surface area contributed by atoms with Gasteiger partial charge in [-0.3, -0.25) is 4.79 Å². The third-order valence-corrected chi connectivity index (χ3v) is 2.99. The van der Waals surface area contributed by atoms with Crippen molar-refractivity contribution < 1.29 is 4.79 Å². The van der Waals surface area contributed by atoms with Gasteiger partial charge in [0.2, 0.25) is 5.91 Å². The van der Waals surface area contributed by atoms with E-state index in [0.29, 0.717) is 11.0 Å². The molecule has 98 valence electrons. The highest BCUT2D eigenvalue weighted by Crippen LogP contribution is 2.20. The van der Waals surface area contributed by atoms with Crippen molar-refractivity contribution >= 4 is 23.3 Å². The number of aromatic nitrogens is 2. The molecule has 0 bridgehead atoms. The molecule has 1 N–H and O–H groups in total. The van der Waals surface area contributed by atoms with E-state index in [4.69, 9.17) is 11.6 Å². The second-order valence-corrected chi connectivity index (χ2v) is 4.47.